The first-order valence-corrected chi connectivity index (χ1v) is 10.4. The second-order valence-electron chi connectivity index (χ2n) is 7.40. The van der Waals surface area contributed by atoms with E-state index in [0.29, 0.717) is 17.7 Å². The van der Waals surface area contributed by atoms with Gasteiger partial charge in [-0.25, -0.2) is 4.79 Å². The highest BCUT2D eigenvalue weighted by Gasteiger charge is 2.17. The largest absolute Gasteiger partial charge is 0.499 e. The van der Waals surface area contributed by atoms with Gasteiger partial charge in [0.25, 0.3) is 0 Å². The number of para-hydroxylation sites is 1. The van der Waals surface area contributed by atoms with Crippen molar-refractivity contribution in [2.75, 3.05) is 13.2 Å². The second kappa shape index (κ2) is 11.9. The number of rotatable bonds is 11. The van der Waals surface area contributed by atoms with Gasteiger partial charge in [-0.3, -0.25) is 0 Å². The Morgan fingerprint density at radius 2 is 1.90 bits per heavy atom. The van der Waals surface area contributed by atoms with E-state index in [4.69, 9.17) is 13.9 Å². The fourth-order valence-corrected chi connectivity index (χ4v) is 2.90. The van der Waals surface area contributed by atoms with E-state index in [1.165, 1.54) is 11.1 Å². The van der Waals surface area contributed by atoms with Crippen LogP contribution < -0.4 is 15.1 Å². The standard InChI is InChI=1S/C25H32O5/c1-5-6-7-8-16-28-21-14-10-13-20-23(21)30-25(27)22(26)24(20)29-17-15-19(4)12-9-11-18(2)3/h6-7,10-11,13-15,26H,5,8-9,12,16-17H2,1-4H3/b7-6?,19-15+. The van der Waals surface area contributed by atoms with Crippen molar-refractivity contribution in [1.82, 2.24) is 0 Å². The van der Waals surface area contributed by atoms with Crippen molar-refractivity contribution in [1.29, 1.82) is 0 Å². The normalized spacial score (nSPS) is 11.8. The summed E-state index contributed by atoms with van der Waals surface area (Å²) >= 11 is 0. The maximum absolute atomic E-state index is 12.1. The van der Waals surface area contributed by atoms with Crippen molar-refractivity contribution < 1.29 is 19.0 Å². The van der Waals surface area contributed by atoms with E-state index in [1.807, 2.05) is 19.1 Å². The van der Waals surface area contributed by atoms with Crippen LogP contribution in [0.15, 0.2) is 62.9 Å². The summed E-state index contributed by atoms with van der Waals surface area (Å²) in [5.74, 6) is 0.0415. The number of aromatic hydroxyl groups is 1. The molecule has 0 aliphatic heterocycles. The Kier molecular flexibility index (Phi) is 9.26. The molecule has 162 valence electrons. The Hall–Kier alpha value is -2.95. The van der Waals surface area contributed by atoms with Gasteiger partial charge in [0, 0.05) is 0 Å². The summed E-state index contributed by atoms with van der Waals surface area (Å²) in [6, 6.07) is 5.26. The molecule has 0 atom stereocenters. The van der Waals surface area contributed by atoms with E-state index in [9.17, 15) is 9.90 Å². The zero-order valence-electron chi connectivity index (χ0n) is 18.4. The predicted molar refractivity (Wildman–Crippen MR) is 122 cm³/mol. The molecule has 0 saturated heterocycles. The molecule has 0 unspecified atom stereocenters. The van der Waals surface area contributed by atoms with E-state index in [1.54, 1.807) is 18.2 Å². The van der Waals surface area contributed by atoms with Gasteiger partial charge >= 0.3 is 5.63 Å². The maximum atomic E-state index is 12.1. The van der Waals surface area contributed by atoms with Gasteiger partial charge < -0.3 is 19.0 Å². The lowest BCUT2D eigenvalue weighted by Crippen LogP contribution is -2.05. The third-order valence-electron chi connectivity index (χ3n) is 4.52. The molecule has 0 aliphatic carbocycles. The highest BCUT2D eigenvalue weighted by atomic mass is 16.5. The van der Waals surface area contributed by atoms with Crippen molar-refractivity contribution in [2.24, 2.45) is 0 Å². The molecule has 1 aromatic carbocycles. The number of allylic oxidation sites excluding steroid dienone is 4. The monoisotopic (exact) mass is 412 g/mol. The minimum atomic E-state index is -0.844. The summed E-state index contributed by atoms with van der Waals surface area (Å²) in [5.41, 5.74) is 1.91. The van der Waals surface area contributed by atoms with Crippen LogP contribution in [0.1, 0.15) is 53.4 Å². The SMILES string of the molecule is CCC=CCCOc1cccc2c(OC/C=C(\C)CCC=C(C)C)c(O)c(=O)oc12. The molecule has 0 fully saturated rings. The topological polar surface area (TPSA) is 68.9 Å². The quantitative estimate of drug-likeness (QED) is 0.266. The molecule has 1 heterocycles. The molecule has 0 saturated carbocycles. The van der Waals surface area contributed by atoms with Crippen LogP contribution in [0.3, 0.4) is 0 Å². The van der Waals surface area contributed by atoms with Gasteiger partial charge in [0.1, 0.15) is 6.61 Å². The van der Waals surface area contributed by atoms with Gasteiger partial charge in [0.05, 0.1) is 12.0 Å². The Morgan fingerprint density at radius 1 is 1.10 bits per heavy atom. The van der Waals surface area contributed by atoms with Crippen LogP contribution in [0.2, 0.25) is 0 Å². The molecule has 30 heavy (non-hydrogen) atoms. The lowest BCUT2D eigenvalue weighted by atomic mass is 10.1. The zero-order chi connectivity index (χ0) is 21.9. The summed E-state index contributed by atoms with van der Waals surface area (Å²) in [5, 5.41) is 10.7. The van der Waals surface area contributed by atoms with E-state index in [2.05, 4.69) is 32.9 Å². The molecule has 0 amide bonds. The Balaban J connectivity index is 2.18. The molecule has 1 N–H and O–H groups in total. The molecular formula is C25H32O5. The Morgan fingerprint density at radius 3 is 2.63 bits per heavy atom. The third kappa shape index (κ3) is 6.83. The zero-order valence-corrected chi connectivity index (χ0v) is 18.4. The highest BCUT2D eigenvalue weighted by Crippen LogP contribution is 2.36. The van der Waals surface area contributed by atoms with Crippen LogP contribution in [0.25, 0.3) is 11.0 Å². The summed E-state index contributed by atoms with van der Waals surface area (Å²) in [7, 11) is 0. The molecule has 0 bridgehead atoms. The summed E-state index contributed by atoms with van der Waals surface area (Å²) in [6.45, 7) is 8.99. The lowest BCUT2D eigenvalue weighted by molar-refractivity contribution is 0.313. The molecule has 0 spiro atoms. The molecule has 1 aromatic heterocycles. The number of ether oxygens (including phenoxy) is 2. The lowest BCUT2D eigenvalue weighted by Gasteiger charge is -2.12. The van der Waals surface area contributed by atoms with Gasteiger partial charge in [-0.15, -0.1) is 0 Å². The molecule has 2 aromatic rings. The van der Waals surface area contributed by atoms with Crippen LogP contribution in [0.4, 0.5) is 0 Å². The average Bonchev–Trinajstić information content (AvgIpc) is 2.70. The molecule has 5 nitrogen and oxygen atoms in total. The third-order valence-corrected chi connectivity index (χ3v) is 4.52. The van der Waals surface area contributed by atoms with Crippen molar-refractivity contribution in [2.45, 2.75) is 53.4 Å². The number of hydrogen-bond donors (Lipinski definition) is 1. The van der Waals surface area contributed by atoms with Gasteiger partial charge in [-0.1, -0.05) is 42.4 Å². The number of hydrogen-bond acceptors (Lipinski definition) is 5. The second-order valence-corrected chi connectivity index (χ2v) is 7.40. The fraction of sp³-hybridized carbons (Fsp3) is 0.400. The highest BCUT2D eigenvalue weighted by molar-refractivity contribution is 5.89. The Labute approximate surface area is 178 Å². The van der Waals surface area contributed by atoms with Crippen LogP contribution in [-0.2, 0) is 0 Å². The molecule has 2 rings (SSSR count). The smallest absolute Gasteiger partial charge is 0.382 e. The first-order chi connectivity index (χ1) is 14.4. The van der Waals surface area contributed by atoms with E-state index < -0.39 is 11.4 Å². The van der Waals surface area contributed by atoms with E-state index in [0.717, 1.165) is 25.7 Å². The number of benzene rings is 1. The van der Waals surface area contributed by atoms with Crippen LogP contribution in [0.5, 0.6) is 17.2 Å². The predicted octanol–water partition coefficient (Wildman–Crippen LogP) is 6.31. The van der Waals surface area contributed by atoms with Crippen molar-refractivity contribution in [3.8, 4) is 17.2 Å². The van der Waals surface area contributed by atoms with Gasteiger partial charge in [0.2, 0.25) is 5.75 Å². The Bertz CT molecular complexity index is 975. The summed E-state index contributed by atoms with van der Waals surface area (Å²) in [4.78, 5) is 12.1. The minimum Gasteiger partial charge on any atom is -0.499 e. The van der Waals surface area contributed by atoms with Crippen LogP contribution >= 0.6 is 0 Å². The molecule has 5 heteroatoms. The van der Waals surface area contributed by atoms with Crippen LogP contribution in [0, 0.1) is 0 Å². The van der Waals surface area contributed by atoms with Gasteiger partial charge in [0.15, 0.2) is 17.1 Å². The average molecular weight is 413 g/mol. The molecule has 0 aliphatic rings. The molecule has 0 radical (unpaired) electrons. The van der Waals surface area contributed by atoms with Crippen LogP contribution in [-0.4, -0.2) is 18.3 Å². The van der Waals surface area contributed by atoms with E-state index >= 15 is 0 Å². The first kappa shape index (κ1) is 23.3. The fourth-order valence-electron chi connectivity index (χ4n) is 2.90. The maximum Gasteiger partial charge on any atom is 0.382 e. The van der Waals surface area contributed by atoms with Crippen molar-refractivity contribution in [3.05, 3.63) is 64.1 Å². The van der Waals surface area contributed by atoms with Crippen molar-refractivity contribution >= 4 is 11.0 Å². The van der Waals surface area contributed by atoms with Gasteiger partial charge in [-0.2, -0.15) is 0 Å². The van der Waals surface area contributed by atoms with Crippen molar-refractivity contribution in [3.63, 3.8) is 0 Å². The first-order valence-electron chi connectivity index (χ1n) is 10.4. The van der Waals surface area contributed by atoms with Gasteiger partial charge in [-0.05, 0) is 64.7 Å². The summed E-state index contributed by atoms with van der Waals surface area (Å²) < 4.78 is 16.9. The minimum absolute atomic E-state index is 0.117. The van der Waals surface area contributed by atoms with E-state index in [-0.39, 0.29) is 17.9 Å². The number of fused-ring (bicyclic) bond motifs is 1. The molecular weight excluding hydrogens is 380 g/mol. The summed E-state index contributed by atoms with van der Waals surface area (Å²) in [6.07, 6.45) is 11.9.